The van der Waals surface area contributed by atoms with Crippen LogP contribution >= 0.6 is 0 Å². The highest BCUT2D eigenvalue weighted by atomic mass is 16.2. The van der Waals surface area contributed by atoms with Crippen LogP contribution in [-0.2, 0) is 0 Å². The Morgan fingerprint density at radius 1 is 1.45 bits per heavy atom. The number of fused-ring (bicyclic) bond motifs is 1. The Labute approximate surface area is 113 Å². The molecule has 0 bridgehead atoms. The molecule has 100 valence electrons. The minimum Gasteiger partial charge on any atom is -0.320 e. The van der Waals surface area contributed by atoms with E-state index in [1.165, 1.54) is 23.0 Å². The van der Waals surface area contributed by atoms with Gasteiger partial charge in [0.05, 0.1) is 11.9 Å². The quantitative estimate of drug-likeness (QED) is 0.725. The molecule has 0 saturated carbocycles. The minimum atomic E-state index is -0.353. The van der Waals surface area contributed by atoms with Crippen LogP contribution in [0.15, 0.2) is 41.6 Å². The van der Waals surface area contributed by atoms with Crippen molar-refractivity contribution in [3.8, 4) is 0 Å². The lowest BCUT2D eigenvalue weighted by atomic mass is 10.3. The standard InChI is InChI=1S/C13H11N5O2/c1-8-5-11(19)18-12(16-8)10(7-15-18)13(20)17-9-3-2-4-14-6-9/h2-7,15H,1H3,(H,17,20). The van der Waals surface area contributed by atoms with Crippen molar-refractivity contribution in [1.29, 1.82) is 0 Å². The summed E-state index contributed by atoms with van der Waals surface area (Å²) in [5.41, 5.74) is 1.48. The van der Waals surface area contributed by atoms with E-state index in [1.54, 1.807) is 25.3 Å². The molecule has 7 nitrogen and oxygen atoms in total. The van der Waals surface area contributed by atoms with E-state index < -0.39 is 0 Å². The van der Waals surface area contributed by atoms with Gasteiger partial charge in [-0.3, -0.25) is 19.7 Å². The fraction of sp³-hybridized carbons (Fsp3) is 0.0769. The molecule has 3 heterocycles. The Balaban J connectivity index is 2.02. The molecule has 20 heavy (non-hydrogen) atoms. The number of nitrogens with zero attached hydrogens (tertiary/aromatic N) is 3. The van der Waals surface area contributed by atoms with Gasteiger partial charge in [0.25, 0.3) is 11.5 Å². The lowest BCUT2D eigenvalue weighted by Crippen LogP contribution is -2.16. The molecule has 0 radical (unpaired) electrons. The third-order valence-corrected chi connectivity index (χ3v) is 2.79. The fourth-order valence-corrected chi connectivity index (χ4v) is 1.90. The zero-order valence-electron chi connectivity index (χ0n) is 10.6. The summed E-state index contributed by atoms with van der Waals surface area (Å²) in [4.78, 5) is 32.1. The van der Waals surface area contributed by atoms with E-state index in [0.29, 0.717) is 22.6 Å². The van der Waals surface area contributed by atoms with E-state index in [4.69, 9.17) is 0 Å². The van der Waals surface area contributed by atoms with Crippen LogP contribution in [0.2, 0.25) is 0 Å². The maximum atomic E-state index is 12.2. The number of pyridine rings is 1. The number of hydrogen-bond donors (Lipinski definition) is 2. The van der Waals surface area contributed by atoms with Crippen molar-refractivity contribution in [1.82, 2.24) is 19.6 Å². The van der Waals surface area contributed by atoms with Gasteiger partial charge in [-0.25, -0.2) is 9.50 Å². The summed E-state index contributed by atoms with van der Waals surface area (Å²) in [6, 6.07) is 4.84. The predicted octanol–water partition coefficient (Wildman–Crippen LogP) is 0.978. The molecule has 3 aromatic rings. The molecule has 2 N–H and O–H groups in total. The highest BCUT2D eigenvalue weighted by molar-refractivity contribution is 6.08. The number of carbonyl (C=O) groups excluding carboxylic acids is 1. The van der Waals surface area contributed by atoms with Crippen molar-refractivity contribution in [3.63, 3.8) is 0 Å². The molecule has 0 spiro atoms. The number of rotatable bonds is 2. The van der Waals surface area contributed by atoms with E-state index in [0.717, 1.165) is 0 Å². The largest absolute Gasteiger partial charge is 0.320 e. The van der Waals surface area contributed by atoms with Crippen LogP contribution in [0.4, 0.5) is 5.69 Å². The Bertz CT molecular complexity index is 835. The SMILES string of the molecule is Cc1cc(=O)n2[nH]cc(C(=O)Nc3cccnc3)c2n1. The molecule has 0 atom stereocenters. The van der Waals surface area contributed by atoms with Gasteiger partial charge in [0, 0.05) is 24.2 Å². The van der Waals surface area contributed by atoms with E-state index in [9.17, 15) is 9.59 Å². The first-order valence-corrected chi connectivity index (χ1v) is 5.94. The molecule has 3 rings (SSSR count). The summed E-state index contributed by atoms with van der Waals surface area (Å²) in [7, 11) is 0. The van der Waals surface area contributed by atoms with Crippen molar-refractivity contribution in [2.45, 2.75) is 6.92 Å². The first-order valence-electron chi connectivity index (χ1n) is 5.94. The first-order chi connectivity index (χ1) is 9.65. The molecule has 0 unspecified atom stereocenters. The maximum absolute atomic E-state index is 12.2. The summed E-state index contributed by atoms with van der Waals surface area (Å²) < 4.78 is 1.23. The molecule has 0 aliphatic heterocycles. The molecule has 1 amide bonds. The summed E-state index contributed by atoms with van der Waals surface area (Å²) in [6.07, 6.45) is 4.61. The van der Waals surface area contributed by atoms with Crippen molar-refractivity contribution in [3.05, 3.63) is 58.4 Å². The molecule has 0 aliphatic rings. The van der Waals surface area contributed by atoms with Crippen LogP contribution in [0.1, 0.15) is 16.1 Å². The van der Waals surface area contributed by atoms with Crippen LogP contribution in [0.3, 0.4) is 0 Å². The fourth-order valence-electron chi connectivity index (χ4n) is 1.90. The van der Waals surface area contributed by atoms with Crippen LogP contribution in [-0.4, -0.2) is 25.5 Å². The molecule has 0 aliphatic carbocycles. The van der Waals surface area contributed by atoms with E-state index in [-0.39, 0.29) is 11.5 Å². The molecular weight excluding hydrogens is 258 g/mol. The second-order valence-corrected chi connectivity index (χ2v) is 4.28. The number of H-pyrrole nitrogens is 1. The van der Waals surface area contributed by atoms with Crippen molar-refractivity contribution in [2.24, 2.45) is 0 Å². The van der Waals surface area contributed by atoms with Crippen LogP contribution < -0.4 is 10.9 Å². The maximum Gasteiger partial charge on any atom is 0.272 e. The lowest BCUT2D eigenvalue weighted by Gasteiger charge is -2.02. The molecular formula is C13H11N5O2. The number of carbonyl (C=O) groups is 1. The number of hydrogen-bond acceptors (Lipinski definition) is 4. The van der Waals surface area contributed by atoms with Gasteiger partial charge in [0.15, 0.2) is 5.65 Å². The van der Waals surface area contributed by atoms with Crippen LogP contribution in [0.25, 0.3) is 5.65 Å². The zero-order valence-corrected chi connectivity index (χ0v) is 10.6. The van der Waals surface area contributed by atoms with Gasteiger partial charge in [0.2, 0.25) is 0 Å². The Kier molecular flexibility index (Phi) is 2.79. The second-order valence-electron chi connectivity index (χ2n) is 4.28. The number of anilines is 1. The van der Waals surface area contributed by atoms with Gasteiger partial charge >= 0.3 is 0 Å². The Morgan fingerprint density at radius 3 is 3.05 bits per heavy atom. The predicted molar refractivity (Wildman–Crippen MR) is 72.7 cm³/mol. The average molecular weight is 269 g/mol. The average Bonchev–Trinajstić information content (AvgIpc) is 2.84. The van der Waals surface area contributed by atoms with Crippen molar-refractivity contribution in [2.75, 3.05) is 5.32 Å². The Morgan fingerprint density at radius 2 is 2.30 bits per heavy atom. The van der Waals surface area contributed by atoms with Gasteiger partial charge in [-0.1, -0.05) is 0 Å². The summed E-state index contributed by atoms with van der Waals surface area (Å²) >= 11 is 0. The van der Waals surface area contributed by atoms with Crippen molar-refractivity contribution >= 4 is 17.2 Å². The lowest BCUT2D eigenvalue weighted by molar-refractivity contribution is 0.102. The van der Waals surface area contributed by atoms with Gasteiger partial charge in [0.1, 0.15) is 5.56 Å². The zero-order chi connectivity index (χ0) is 14.1. The molecule has 7 heteroatoms. The van der Waals surface area contributed by atoms with E-state index >= 15 is 0 Å². The normalized spacial score (nSPS) is 10.7. The number of aromatic amines is 1. The number of amides is 1. The Hall–Kier alpha value is -2.96. The number of aromatic nitrogens is 4. The van der Waals surface area contributed by atoms with Gasteiger partial charge in [-0.2, -0.15) is 0 Å². The highest BCUT2D eigenvalue weighted by Gasteiger charge is 2.15. The monoisotopic (exact) mass is 269 g/mol. The molecule has 0 saturated heterocycles. The number of nitrogens with one attached hydrogen (secondary N) is 2. The van der Waals surface area contributed by atoms with E-state index in [2.05, 4.69) is 20.4 Å². The molecule has 3 aromatic heterocycles. The van der Waals surface area contributed by atoms with Crippen LogP contribution in [0.5, 0.6) is 0 Å². The number of aryl methyl sites for hydroxylation is 1. The molecule has 0 fully saturated rings. The highest BCUT2D eigenvalue weighted by Crippen LogP contribution is 2.10. The minimum absolute atomic E-state index is 0.257. The topological polar surface area (TPSA) is 92.1 Å². The summed E-state index contributed by atoms with van der Waals surface area (Å²) in [5.74, 6) is -0.353. The van der Waals surface area contributed by atoms with Gasteiger partial charge in [-0.05, 0) is 19.1 Å². The summed E-state index contributed by atoms with van der Waals surface area (Å²) in [5, 5.41) is 5.41. The molecule has 0 aromatic carbocycles. The second kappa shape index (κ2) is 4.61. The smallest absolute Gasteiger partial charge is 0.272 e. The van der Waals surface area contributed by atoms with E-state index in [1.807, 2.05) is 0 Å². The first kappa shape index (κ1) is 12.1. The van der Waals surface area contributed by atoms with Crippen molar-refractivity contribution < 1.29 is 4.79 Å². The third-order valence-electron chi connectivity index (χ3n) is 2.79. The third kappa shape index (κ3) is 2.05. The van der Waals surface area contributed by atoms with Gasteiger partial charge in [-0.15, -0.1) is 0 Å². The summed E-state index contributed by atoms with van der Waals surface area (Å²) in [6.45, 7) is 1.71. The van der Waals surface area contributed by atoms with Crippen LogP contribution in [0, 0.1) is 6.92 Å². The van der Waals surface area contributed by atoms with Gasteiger partial charge < -0.3 is 5.32 Å².